The summed E-state index contributed by atoms with van der Waals surface area (Å²) in [6.07, 6.45) is 0.261. The number of carbonyl (C=O) groups excluding carboxylic acids is 2. The molecule has 2 heterocycles. The molecule has 9 heteroatoms. The Bertz CT molecular complexity index is 748. The molecule has 0 bridgehead atoms. The number of nitrogens with zero attached hydrogens (tertiary/aromatic N) is 3. The van der Waals surface area contributed by atoms with E-state index in [4.69, 9.17) is 5.73 Å². The molecule has 0 aliphatic carbocycles. The van der Waals surface area contributed by atoms with Gasteiger partial charge < -0.3 is 16.0 Å². The third-order valence-corrected chi connectivity index (χ3v) is 5.24. The first-order valence-electron chi connectivity index (χ1n) is 6.97. The van der Waals surface area contributed by atoms with E-state index in [2.05, 4.69) is 15.5 Å². The zero-order valence-electron chi connectivity index (χ0n) is 12.4. The van der Waals surface area contributed by atoms with Gasteiger partial charge in [0.1, 0.15) is 0 Å². The third kappa shape index (κ3) is 3.45. The number of fused-ring (bicyclic) bond motifs is 1. The number of anilines is 3. The van der Waals surface area contributed by atoms with Crippen LogP contribution in [0.2, 0.25) is 0 Å². The molecule has 23 heavy (non-hydrogen) atoms. The lowest BCUT2D eigenvalue weighted by Gasteiger charge is -2.27. The molecule has 0 spiro atoms. The minimum atomic E-state index is -0.216. The molecule has 3 rings (SSSR count). The first-order valence-corrected chi connectivity index (χ1v) is 8.77. The Morgan fingerprint density at radius 3 is 3.00 bits per heavy atom. The number of nitrogens with one attached hydrogen (secondary N) is 1. The maximum Gasteiger partial charge on any atom is 0.237 e. The Labute approximate surface area is 141 Å². The molecule has 3 N–H and O–H groups in total. The van der Waals surface area contributed by atoms with Crippen LogP contribution >= 0.6 is 23.1 Å². The van der Waals surface area contributed by atoms with Crippen molar-refractivity contribution >= 4 is 51.4 Å². The number of thioether (sulfide) groups is 1. The highest BCUT2D eigenvalue weighted by atomic mass is 32.2. The van der Waals surface area contributed by atoms with Gasteiger partial charge in [-0.15, -0.1) is 10.2 Å². The molecule has 0 saturated heterocycles. The Morgan fingerprint density at radius 2 is 2.26 bits per heavy atom. The van der Waals surface area contributed by atoms with Crippen LogP contribution in [0, 0.1) is 0 Å². The summed E-state index contributed by atoms with van der Waals surface area (Å²) in [5.41, 5.74) is 6.91. The highest BCUT2D eigenvalue weighted by Gasteiger charge is 2.29. The molecule has 1 atom stereocenters. The topological polar surface area (TPSA) is 101 Å². The minimum absolute atomic E-state index is 0.0831. The van der Waals surface area contributed by atoms with Crippen molar-refractivity contribution in [3.63, 3.8) is 0 Å². The van der Waals surface area contributed by atoms with Crippen LogP contribution in [0.3, 0.4) is 0 Å². The third-order valence-electron chi connectivity index (χ3n) is 3.37. The van der Waals surface area contributed by atoms with Gasteiger partial charge in [-0.05, 0) is 19.1 Å². The van der Waals surface area contributed by atoms with Crippen LogP contribution in [0.15, 0.2) is 28.6 Å². The second-order valence-electron chi connectivity index (χ2n) is 5.08. The Balaban J connectivity index is 1.81. The van der Waals surface area contributed by atoms with Crippen LogP contribution in [0.5, 0.6) is 0 Å². The van der Waals surface area contributed by atoms with E-state index in [1.54, 1.807) is 11.0 Å². The van der Waals surface area contributed by atoms with Crippen LogP contribution in [0.4, 0.5) is 16.5 Å². The molecule has 2 amide bonds. The molecular weight excluding hydrogens is 334 g/mol. The number of nitrogen functional groups attached to an aromatic ring is 1. The number of aromatic nitrogens is 2. The molecular formula is C14H15N5O2S2. The van der Waals surface area contributed by atoms with Crippen molar-refractivity contribution in [2.24, 2.45) is 0 Å². The van der Waals surface area contributed by atoms with Crippen molar-refractivity contribution in [3.8, 4) is 0 Å². The van der Waals surface area contributed by atoms with Gasteiger partial charge in [0.15, 0.2) is 4.34 Å². The standard InChI is InChI=1S/C14H15N5O2S2/c1-8-6-11(20)16-9-4-2-3-5-10(9)19(8)12(21)7-22-14-18-17-13(15)23-14/h2-5,8H,6-7H2,1H3,(H2,15,17)(H,16,20). The quantitative estimate of drug-likeness (QED) is 0.822. The van der Waals surface area contributed by atoms with E-state index < -0.39 is 0 Å². The molecule has 2 aromatic rings. The van der Waals surface area contributed by atoms with Crippen molar-refractivity contribution in [3.05, 3.63) is 24.3 Å². The summed E-state index contributed by atoms with van der Waals surface area (Å²) in [4.78, 5) is 26.3. The van der Waals surface area contributed by atoms with Crippen LogP contribution in [-0.2, 0) is 9.59 Å². The maximum atomic E-state index is 12.7. The van der Waals surface area contributed by atoms with Gasteiger partial charge in [0.05, 0.1) is 17.1 Å². The average Bonchev–Trinajstić information content (AvgIpc) is 2.86. The number of para-hydroxylation sites is 2. The van der Waals surface area contributed by atoms with Gasteiger partial charge in [-0.1, -0.05) is 35.2 Å². The number of hydrogen-bond acceptors (Lipinski definition) is 7. The zero-order valence-corrected chi connectivity index (χ0v) is 14.0. The number of nitrogens with two attached hydrogens (primary N) is 1. The summed E-state index contributed by atoms with van der Waals surface area (Å²) in [6.45, 7) is 1.87. The van der Waals surface area contributed by atoms with Crippen LogP contribution in [0.1, 0.15) is 13.3 Å². The van der Waals surface area contributed by atoms with Crippen LogP contribution in [-0.4, -0.2) is 33.8 Å². The van der Waals surface area contributed by atoms with Crippen LogP contribution in [0.25, 0.3) is 0 Å². The summed E-state index contributed by atoms with van der Waals surface area (Å²) in [5, 5.41) is 10.8. The van der Waals surface area contributed by atoms with E-state index in [0.717, 1.165) is 0 Å². The SMILES string of the molecule is CC1CC(=O)Nc2ccccc2N1C(=O)CSc1nnc(N)s1. The molecule has 1 aliphatic heterocycles. The van der Waals surface area contributed by atoms with E-state index in [1.165, 1.54) is 23.1 Å². The molecule has 0 fully saturated rings. The fourth-order valence-corrected chi connectivity index (χ4v) is 3.93. The molecule has 1 unspecified atom stereocenters. The predicted molar refractivity (Wildman–Crippen MR) is 91.7 cm³/mol. The Hall–Kier alpha value is -2.13. The van der Waals surface area contributed by atoms with Gasteiger partial charge in [0.2, 0.25) is 16.9 Å². The van der Waals surface area contributed by atoms with Gasteiger partial charge in [0.25, 0.3) is 0 Å². The summed E-state index contributed by atoms with van der Waals surface area (Å²) < 4.78 is 0.654. The van der Waals surface area contributed by atoms with E-state index in [1.807, 2.05) is 25.1 Å². The van der Waals surface area contributed by atoms with E-state index in [0.29, 0.717) is 20.8 Å². The second-order valence-corrected chi connectivity index (χ2v) is 7.31. The number of benzene rings is 1. The van der Waals surface area contributed by atoms with Crippen molar-refractivity contribution in [1.29, 1.82) is 0 Å². The first-order chi connectivity index (χ1) is 11.0. The monoisotopic (exact) mass is 349 g/mol. The lowest BCUT2D eigenvalue weighted by atomic mass is 10.2. The van der Waals surface area contributed by atoms with Gasteiger partial charge in [0, 0.05) is 12.5 Å². The molecule has 7 nitrogen and oxygen atoms in total. The Kier molecular flexibility index (Phi) is 4.49. The number of amides is 2. The highest BCUT2D eigenvalue weighted by molar-refractivity contribution is 8.01. The summed E-state index contributed by atoms with van der Waals surface area (Å²) in [6, 6.07) is 7.09. The lowest BCUT2D eigenvalue weighted by molar-refractivity contribution is -0.117. The molecule has 0 saturated carbocycles. The van der Waals surface area contributed by atoms with Crippen molar-refractivity contribution < 1.29 is 9.59 Å². The first kappa shape index (κ1) is 15.8. The van der Waals surface area contributed by atoms with Crippen LogP contribution < -0.4 is 16.0 Å². The number of carbonyl (C=O) groups is 2. The number of hydrogen-bond donors (Lipinski definition) is 2. The zero-order chi connectivity index (χ0) is 16.4. The van der Waals surface area contributed by atoms with Gasteiger partial charge in [-0.25, -0.2) is 0 Å². The fraction of sp³-hybridized carbons (Fsp3) is 0.286. The highest BCUT2D eigenvalue weighted by Crippen LogP contribution is 2.32. The van der Waals surface area contributed by atoms with E-state index in [-0.39, 0.29) is 30.0 Å². The lowest BCUT2D eigenvalue weighted by Crippen LogP contribution is -2.40. The van der Waals surface area contributed by atoms with Gasteiger partial charge in [-0.3, -0.25) is 9.59 Å². The normalized spacial score (nSPS) is 17.3. The fourth-order valence-electron chi connectivity index (χ4n) is 2.44. The maximum absolute atomic E-state index is 12.7. The second kappa shape index (κ2) is 6.55. The smallest absolute Gasteiger partial charge is 0.237 e. The largest absolute Gasteiger partial charge is 0.374 e. The average molecular weight is 349 g/mol. The van der Waals surface area contributed by atoms with E-state index in [9.17, 15) is 9.59 Å². The van der Waals surface area contributed by atoms with Crippen molar-refractivity contribution in [1.82, 2.24) is 10.2 Å². The van der Waals surface area contributed by atoms with Crippen molar-refractivity contribution in [2.75, 3.05) is 21.7 Å². The van der Waals surface area contributed by atoms with Gasteiger partial charge >= 0.3 is 0 Å². The minimum Gasteiger partial charge on any atom is -0.374 e. The summed E-state index contributed by atoms with van der Waals surface area (Å²) >= 11 is 2.54. The summed E-state index contributed by atoms with van der Waals surface area (Å²) in [5.74, 6) is 0.0339. The molecule has 1 aromatic heterocycles. The predicted octanol–water partition coefficient (Wildman–Crippen LogP) is 1.98. The van der Waals surface area contributed by atoms with E-state index >= 15 is 0 Å². The summed E-state index contributed by atoms with van der Waals surface area (Å²) in [7, 11) is 0. The van der Waals surface area contributed by atoms with Crippen molar-refractivity contribution in [2.45, 2.75) is 23.7 Å². The molecule has 120 valence electrons. The molecule has 1 aromatic carbocycles. The van der Waals surface area contributed by atoms with Gasteiger partial charge in [-0.2, -0.15) is 0 Å². The number of rotatable bonds is 3. The molecule has 0 radical (unpaired) electrons. The molecule has 1 aliphatic rings. The Morgan fingerprint density at radius 1 is 1.48 bits per heavy atom.